The van der Waals surface area contributed by atoms with Crippen molar-refractivity contribution in [2.45, 2.75) is 12.5 Å². The van der Waals surface area contributed by atoms with Gasteiger partial charge in [0, 0.05) is 6.04 Å². The topological polar surface area (TPSA) is 46.2 Å². The highest BCUT2D eigenvalue weighted by Crippen LogP contribution is 2.00. The molecule has 0 aromatic rings. The Morgan fingerprint density at radius 1 is 1.78 bits per heavy atom. The maximum atomic E-state index is 8.48. The lowest BCUT2D eigenvalue weighted by atomic mass is 10.1. The zero-order valence-corrected chi connectivity index (χ0v) is 5.51. The smallest absolute Gasteiger partial charge is 0.0585 e. The van der Waals surface area contributed by atoms with E-state index in [1.54, 1.807) is 6.08 Å². The number of aliphatic hydroxyl groups excluding tert-OH is 1. The minimum absolute atomic E-state index is 0.00681. The van der Waals surface area contributed by atoms with Crippen molar-refractivity contribution in [1.82, 2.24) is 0 Å². The van der Waals surface area contributed by atoms with Crippen LogP contribution < -0.4 is 5.73 Å². The van der Waals surface area contributed by atoms with Gasteiger partial charge >= 0.3 is 0 Å². The van der Waals surface area contributed by atoms with E-state index in [-0.39, 0.29) is 12.6 Å². The zero-order valence-electron chi connectivity index (χ0n) is 5.51. The number of hydrogen-bond acceptors (Lipinski definition) is 2. The van der Waals surface area contributed by atoms with Crippen LogP contribution in [0.25, 0.3) is 0 Å². The van der Waals surface area contributed by atoms with E-state index in [1.807, 2.05) is 0 Å². The van der Waals surface area contributed by atoms with E-state index >= 15 is 0 Å². The van der Waals surface area contributed by atoms with Gasteiger partial charge in [-0.1, -0.05) is 24.8 Å². The lowest BCUT2D eigenvalue weighted by Crippen LogP contribution is -2.24. The molecule has 9 heavy (non-hydrogen) atoms. The van der Waals surface area contributed by atoms with Crippen molar-refractivity contribution in [2.75, 3.05) is 6.61 Å². The van der Waals surface area contributed by atoms with Crippen LogP contribution >= 0.6 is 0 Å². The molecule has 0 saturated heterocycles. The molecule has 0 aliphatic heterocycles. The van der Waals surface area contributed by atoms with Crippen LogP contribution in [0.2, 0.25) is 0 Å². The molecule has 0 fully saturated rings. The predicted molar refractivity (Wildman–Crippen MR) is 39.0 cm³/mol. The zero-order chi connectivity index (χ0) is 7.28. The van der Waals surface area contributed by atoms with Crippen LogP contribution in [0.15, 0.2) is 24.8 Å². The highest BCUT2D eigenvalue weighted by atomic mass is 16.3. The molecule has 0 amide bonds. The quantitative estimate of drug-likeness (QED) is 0.538. The normalized spacial score (nSPS) is 12.7. The van der Waals surface area contributed by atoms with Crippen LogP contribution in [0, 0.1) is 0 Å². The summed E-state index contributed by atoms with van der Waals surface area (Å²) in [6.07, 6.45) is 2.27. The maximum absolute atomic E-state index is 8.48. The van der Waals surface area contributed by atoms with Crippen molar-refractivity contribution in [3.8, 4) is 0 Å². The van der Waals surface area contributed by atoms with Gasteiger partial charge in [0.1, 0.15) is 0 Å². The molecule has 1 unspecified atom stereocenters. The molecule has 2 nitrogen and oxygen atoms in total. The Balaban J connectivity index is 3.46. The average molecular weight is 127 g/mol. The van der Waals surface area contributed by atoms with Gasteiger partial charge in [-0.05, 0) is 6.42 Å². The van der Waals surface area contributed by atoms with Crippen molar-refractivity contribution in [3.05, 3.63) is 24.8 Å². The Labute approximate surface area is 55.7 Å². The molecule has 0 heterocycles. The molecule has 0 aromatic carbocycles. The molecular weight excluding hydrogens is 114 g/mol. The van der Waals surface area contributed by atoms with Crippen LogP contribution in [0.3, 0.4) is 0 Å². The molecule has 52 valence electrons. The van der Waals surface area contributed by atoms with E-state index < -0.39 is 0 Å². The first-order chi connectivity index (χ1) is 4.20. The highest BCUT2D eigenvalue weighted by Gasteiger charge is 1.98. The van der Waals surface area contributed by atoms with E-state index in [1.165, 1.54) is 0 Å². The van der Waals surface area contributed by atoms with E-state index in [0.717, 1.165) is 5.57 Å². The van der Waals surface area contributed by atoms with Gasteiger partial charge in [0.15, 0.2) is 0 Å². The Bertz CT molecular complexity index is 109. The van der Waals surface area contributed by atoms with Gasteiger partial charge in [-0.15, -0.1) is 0 Å². The van der Waals surface area contributed by atoms with Crippen LogP contribution in [0.5, 0.6) is 0 Å². The SMILES string of the molecule is C=CC(=C)CC(N)CO. The largest absolute Gasteiger partial charge is 0.395 e. The fourth-order valence-electron chi connectivity index (χ4n) is 0.485. The van der Waals surface area contributed by atoms with Gasteiger partial charge in [0.25, 0.3) is 0 Å². The van der Waals surface area contributed by atoms with Crippen molar-refractivity contribution in [3.63, 3.8) is 0 Å². The second kappa shape index (κ2) is 4.30. The van der Waals surface area contributed by atoms with Crippen molar-refractivity contribution in [2.24, 2.45) is 5.73 Å². The first kappa shape index (κ1) is 8.40. The highest BCUT2D eigenvalue weighted by molar-refractivity contribution is 5.11. The van der Waals surface area contributed by atoms with E-state index in [2.05, 4.69) is 13.2 Å². The number of aliphatic hydroxyl groups is 1. The third-order valence-corrected chi connectivity index (χ3v) is 1.05. The molecular formula is C7H13NO. The summed E-state index contributed by atoms with van der Waals surface area (Å²) >= 11 is 0. The van der Waals surface area contributed by atoms with Gasteiger partial charge in [0.05, 0.1) is 6.61 Å². The fraction of sp³-hybridized carbons (Fsp3) is 0.429. The summed E-state index contributed by atoms with van der Waals surface area (Å²) < 4.78 is 0. The minimum Gasteiger partial charge on any atom is -0.395 e. The Morgan fingerprint density at radius 2 is 2.33 bits per heavy atom. The summed E-state index contributed by atoms with van der Waals surface area (Å²) in [5.41, 5.74) is 6.26. The summed E-state index contributed by atoms with van der Waals surface area (Å²) in [5.74, 6) is 0. The molecule has 3 N–H and O–H groups in total. The third-order valence-electron chi connectivity index (χ3n) is 1.05. The Kier molecular flexibility index (Phi) is 4.01. The molecule has 2 heteroatoms. The molecule has 1 atom stereocenters. The molecule has 0 radical (unpaired) electrons. The van der Waals surface area contributed by atoms with Crippen molar-refractivity contribution in [1.29, 1.82) is 0 Å². The van der Waals surface area contributed by atoms with Gasteiger partial charge in [0.2, 0.25) is 0 Å². The maximum Gasteiger partial charge on any atom is 0.0585 e. The molecule has 0 spiro atoms. The second-order valence-electron chi connectivity index (χ2n) is 2.01. The van der Waals surface area contributed by atoms with Crippen molar-refractivity contribution >= 4 is 0 Å². The van der Waals surface area contributed by atoms with Crippen LogP contribution in [0.4, 0.5) is 0 Å². The molecule has 0 aliphatic carbocycles. The van der Waals surface area contributed by atoms with Crippen LogP contribution in [-0.4, -0.2) is 17.8 Å². The van der Waals surface area contributed by atoms with E-state index in [9.17, 15) is 0 Å². The molecule has 0 saturated carbocycles. The lowest BCUT2D eigenvalue weighted by molar-refractivity contribution is 0.265. The Morgan fingerprint density at radius 3 is 2.67 bits per heavy atom. The van der Waals surface area contributed by atoms with Gasteiger partial charge in [-0.25, -0.2) is 0 Å². The number of nitrogens with two attached hydrogens (primary N) is 1. The minimum atomic E-state index is -0.185. The number of hydrogen-bond donors (Lipinski definition) is 2. The van der Waals surface area contributed by atoms with Crippen LogP contribution in [0.1, 0.15) is 6.42 Å². The van der Waals surface area contributed by atoms with Gasteiger partial charge in [-0.3, -0.25) is 0 Å². The monoisotopic (exact) mass is 127 g/mol. The summed E-state index contributed by atoms with van der Waals surface area (Å²) in [6.45, 7) is 7.17. The molecule has 0 aliphatic rings. The summed E-state index contributed by atoms with van der Waals surface area (Å²) in [4.78, 5) is 0. The van der Waals surface area contributed by atoms with E-state index in [4.69, 9.17) is 10.8 Å². The fourth-order valence-corrected chi connectivity index (χ4v) is 0.485. The summed E-state index contributed by atoms with van der Waals surface area (Å²) in [6, 6.07) is -0.185. The second-order valence-corrected chi connectivity index (χ2v) is 2.01. The van der Waals surface area contributed by atoms with Crippen molar-refractivity contribution < 1.29 is 5.11 Å². The number of allylic oxidation sites excluding steroid dienone is 1. The third kappa shape index (κ3) is 3.94. The summed E-state index contributed by atoms with van der Waals surface area (Å²) in [5, 5.41) is 8.48. The van der Waals surface area contributed by atoms with Gasteiger partial charge < -0.3 is 10.8 Å². The first-order valence-electron chi connectivity index (χ1n) is 2.87. The molecule has 0 bridgehead atoms. The molecule has 0 aromatic heterocycles. The lowest BCUT2D eigenvalue weighted by Gasteiger charge is -2.05. The average Bonchev–Trinajstić information content (AvgIpc) is 1.87. The number of rotatable bonds is 4. The standard InChI is InChI=1S/C7H13NO/c1-3-6(2)4-7(8)5-9/h3,7,9H,1-2,4-5,8H2. The van der Waals surface area contributed by atoms with E-state index in [0.29, 0.717) is 6.42 Å². The predicted octanol–water partition coefficient (Wildman–Crippen LogP) is 0.438. The molecule has 0 rings (SSSR count). The summed E-state index contributed by atoms with van der Waals surface area (Å²) in [7, 11) is 0. The van der Waals surface area contributed by atoms with Gasteiger partial charge in [-0.2, -0.15) is 0 Å². The Hall–Kier alpha value is -0.600. The van der Waals surface area contributed by atoms with Crippen LogP contribution in [-0.2, 0) is 0 Å². The first-order valence-corrected chi connectivity index (χ1v) is 2.87.